The highest BCUT2D eigenvalue weighted by atomic mass is 35.5. The van der Waals surface area contributed by atoms with Gasteiger partial charge in [0.15, 0.2) is 0 Å². The quantitative estimate of drug-likeness (QED) is 0.228. The summed E-state index contributed by atoms with van der Waals surface area (Å²) in [4.78, 5) is 19.9. The zero-order chi connectivity index (χ0) is 27.7. The molecule has 0 bridgehead atoms. The van der Waals surface area contributed by atoms with E-state index in [4.69, 9.17) is 31.9 Å². The first-order chi connectivity index (χ1) is 17.5. The van der Waals surface area contributed by atoms with Crippen molar-refractivity contribution in [2.45, 2.75) is 56.3 Å². The Morgan fingerprint density at radius 2 is 1.73 bits per heavy atom. The normalized spacial score (nSPS) is 23.9. The molecular weight excluding hydrogens is 508 g/mol. The van der Waals surface area contributed by atoms with Gasteiger partial charge in [-0.05, 0) is 48.2 Å². The van der Waals surface area contributed by atoms with E-state index in [1.807, 2.05) is 37.3 Å². The zero-order valence-corrected chi connectivity index (χ0v) is 21.0. The van der Waals surface area contributed by atoms with Crippen LogP contribution in [0.15, 0.2) is 42.5 Å². The van der Waals surface area contributed by atoms with E-state index in [1.54, 1.807) is 12.1 Å². The first kappa shape index (κ1) is 30.5. The number of amides is 1. The van der Waals surface area contributed by atoms with E-state index in [0.29, 0.717) is 23.6 Å². The van der Waals surface area contributed by atoms with Gasteiger partial charge in [-0.2, -0.15) is 0 Å². The first-order valence-corrected chi connectivity index (χ1v) is 11.9. The summed E-state index contributed by atoms with van der Waals surface area (Å²) in [5.41, 5.74) is 12.1. The second-order valence-corrected chi connectivity index (χ2v) is 8.88. The van der Waals surface area contributed by atoms with E-state index in [1.165, 1.54) is 0 Å². The number of rotatable bonds is 9. The van der Waals surface area contributed by atoms with Crippen molar-refractivity contribution in [1.82, 2.24) is 0 Å². The van der Waals surface area contributed by atoms with Gasteiger partial charge in [0.1, 0.15) is 42.3 Å². The number of carboxylic acid groups (broad SMARTS) is 1. The highest BCUT2D eigenvalue weighted by Crippen LogP contribution is 2.34. The molecule has 1 heterocycles. The first-order valence-electron chi connectivity index (χ1n) is 11.6. The van der Waals surface area contributed by atoms with E-state index < -0.39 is 55.0 Å². The molecule has 0 aliphatic carbocycles. The number of carboxylic acids is 1. The average Bonchev–Trinajstić information content (AvgIpc) is 2.85. The molecule has 1 unspecified atom stereocenters. The maximum absolute atomic E-state index is 10.3. The Hall–Kier alpha value is -2.77. The fraction of sp³-hybridized carbons (Fsp3) is 0.440. The van der Waals surface area contributed by atoms with Crippen molar-refractivity contribution in [3.63, 3.8) is 0 Å². The highest BCUT2D eigenvalue weighted by Gasteiger charge is 2.44. The van der Waals surface area contributed by atoms with Crippen LogP contribution in [0.25, 0.3) is 0 Å². The molecule has 0 saturated carbocycles. The van der Waals surface area contributed by atoms with Gasteiger partial charge in [0.25, 0.3) is 0 Å². The molecule has 12 heteroatoms. The monoisotopic (exact) mass is 540 g/mol. The van der Waals surface area contributed by atoms with Crippen molar-refractivity contribution < 1.29 is 44.6 Å². The lowest BCUT2D eigenvalue weighted by atomic mass is 9.90. The van der Waals surface area contributed by atoms with Gasteiger partial charge in [-0.1, -0.05) is 35.9 Å². The number of benzene rings is 2. The summed E-state index contributed by atoms with van der Waals surface area (Å²) in [6.07, 6.45) is -5.70. The lowest BCUT2D eigenvalue weighted by molar-refractivity contribution is -0.231. The van der Waals surface area contributed by atoms with Crippen molar-refractivity contribution in [2.75, 3.05) is 13.2 Å². The molecule has 1 amide bonds. The van der Waals surface area contributed by atoms with Gasteiger partial charge < -0.3 is 46.5 Å². The van der Waals surface area contributed by atoms with Crippen molar-refractivity contribution in [3.8, 4) is 5.75 Å². The highest BCUT2D eigenvalue weighted by molar-refractivity contribution is 6.31. The molecule has 1 fully saturated rings. The van der Waals surface area contributed by atoms with Crippen LogP contribution in [0.1, 0.15) is 36.1 Å². The number of hydrogen-bond donors (Lipinski definition) is 7. The number of hydrogen-bond acceptors (Lipinski definition) is 9. The molecule has 37 heavy (non-hydrogen) atoms. The minimum atomic E-state index is -1.42. The molecule has 2 aromatic carbocycles. The van der Waals surface area contributed by atoms with Crippen molar-refractivity contribution in [3.05, 3.63) is 64.2 Å². The lowest BCUT2D eigenvalue weighted by Gasteiger charge is -2.40. The summed E-state index contributed by atoms with van der Waals surface area (Å²) in [6, 6.07) is 11.8. The second-order valence-electron chi connectivity index (χ2n) is 8.47. The van der Waals surface area contributed by atoms with Crippen LogP contribution in [0.3, 0.4) is 0 Å². The average molecular weight is 541 g/mol. The van der Waals surface area contributed by atoms with Gasteiger partial charge in [0.2, 0.25) is 5.91 Å². The second kappa shape index (κ2) is 14.2. The number of nitrogens with two attached hydrogens (primary N) is 2. The van der Waals surface area contributed by atoms with Gasteiger partial charge >= 0.3 is 5.97 Å². The summed E-state index contributed by atoms with van der Waals surface area (Å²) >= 11 is 6.35. The van der Waals surface area contributed by atoms with Crippen LogP contribution in [0, 0.1) is 0 Å². The lowest BCUT2D eigenvalue weighted by Crippen LogP contribution is -2.55. The van der Waals surface area contributed by atoms with Crippen molar-refractivity contribution >= 4 is 23.5 Å². The predicted octanol–water partition coefficient (Wildman–Crippen LogP) is 0.118. The Morgan fingerprint density at radius 3 is 2.24 bits per heavy atom. The Morgan fingerprint density at radius 1 is 1.08 bits per heavy atom. The van der Waals surface area contributed by atoms with Crippen LogP contribution >= 0.6 is 11.6 Å². The molecule has 0 spiro atoms. The summed E-state index contributed by atoms with van der Waals surface area (Å²) in [6.45, 7) is 2.07. The topological polar surface area (TPSA) is 206 Å². The molecule has 1 aliphatic heterocycles. The molecule has 1 saturated heterocycles. The summed E-state index contributed by atoms with van der Waals surface area (Å²) < 4.78 is 11.1. The Labute approximate surface area is 219 Å². The molecule has 0 aromatic heterocycles. The van der Waals surface area contributed by atoms with Gasteiger partial charge in [0, 0.05) is 5.02 Å². The molecule has 1 aliphatic rings. The Balaban J connectivity index is 0.000000458. The fourth-order valence-corrected chi connectivity index (χ4v) is 3.86. The van der Waals surface area contributed by atoms with E-state index >= 15 is 0 Å². The van der Waals surface area contributed by atoms with Gasteiger partial charge in [-0.25, -0.2) is 0 Å². The largest absolute Gasteiger partial charge is 0.494 e. The van der Waals surface area contributed by atoms with Crippen LogP contribution in [0.2, 0.25) is 5.02 Å². The van der Waals surface area contributed by atoms with Crippen LogP contribution < -0.4 is 16.2 Å². The van der Waals surface area contributed by atoms with Gasteiger partial charge in [-0.15, -0.1) is 0 Å². The van der Waals surface area contributed by atoms with Crippen LogP contribution in [-0.4, -0.2) is 81.1 Å². The van der Waals surface area contributed by atoms with Gasteiger partial charge in [-0.3, -0.25) is 9.59 Å². The Bertz CT molecular complexity index is 1040. The molecule has 0 radical (unpaired) electrons. The van der Waals surface area contributed by atoms with E-state index in [0.717, 1.165) is 16.9 Å². The Kier molecular flexibility index (Phi) is 11.7. The number of carbonyl (C=O) groups excluding carboxylic acids is 1. The van der Waals surface area contributed by atoms with Crippen molar-refractivity contribution in [2.24, 2.45) is 11.5 Å². The third kappa shape index (κ3) is 8.64. The molecule has 2 aromatic rings. The maximum Gasteiger partial charge on any atom is 0.321 e. The minimum absolute atomic E-state index is 0.310. The molecule has 3 rings (SSSR count). The molecule has 6 atom stereocenters. The zero-order valence-electron chi connectivity index (χ0n) is 20.2. The number of carbonyl (C=O) groups is 2. The smallest absolute Gasteiger partial charge is 0.321 e. The number of aliphatic hydroxyl groups excluding tert-OH is 4. The molecule has 9 N–H and O–H groups in total. The maximum atomic E-state index is 10.3. The summed E-state index contributed by atoms with van der Waals surface area (Å²) in [5.74, 6) is -1.12. The summed E-state index contributed by atoms with van der Waals surface area (Å²) in [7, 11) is 0. The van der Waals surface area contributed by atoms with E-state index in [9.17, 15) is 30.0 Å². The standard InChI is InChI=1S/C21H25ClO6.C4H8N2O3/c1-2-27-15-6-3-12(4-7-15)9-14-10-13(5-8-16(14)22)21-20(26)19(25)18(24)17(11-23)28-21;5-2(4(8)9)1-3(6)7/h3-8,10,17-21,23-26H,2,9,11H2,1H3;2H,1,5H2,(H2,6,7)(H,8,9)/t17-,18-,19+,20-,21+;/m1./s1. The number of primary amides is 1. The number of ether oxygens (including phenoxy) is 2. The summed E-state index contributed by atoms with van der Waals surface area (Å²) in [5, 5.41) is 48.4. The van der Waals surface area contributed by atoms with Crippen LogP contribution in [-0.2, 0) is 20.7 Å². The number of halogens is 1. The third-order valence-corrected chi connectivity index (χ3v) is 6.03. The number of aliphatic carboxylic acids is 1. The number of aliphatic hydroxyl groups is 4. The van der Waals surface area contributed by atoms with Gasteiger partial charge in [0.05, 0.1) is 19.6 Å². The van der Waals surface area contributed by atoms with E-state index in [2.05, 4.69) is 5.73 Å². The molecule has 204 valence electrons. The van der Waals surface area contributed by atoms with Crippen molar-refractivity contribution in [1.29, 1.82) is 0 Å². The van der Waals surface area contributed by atoms with Crippen LogP contribution in [0.5, 0.6) is 5.75 Å². The SMILES string of the molecule is CCOc1ccc(Cc2cc([C@@H]3O[C@H](CO)[C@@H](O)[C@H](O)[C@H]3O)ccc2Cl)cc1.NC(=O)CC(N)C(=O)O. The van der Waals surface area contributed by atoms with E-state index in [-0.39, 0.29) is 6.42 Å². The fourth-order valence-electron chi connectivity index (χ4n) is 3.68. The predicted molar refractivity (Wildman–Crippen MR) is 134 cm³/mol. The van der Waals surface area contributed by atoms with Crippen LogP contribution in [0.4, 0.5) is 0 Å². The molecule has 11 nitrogen and oxygen atoms in total. The third-order valence-electron chi connectivity index (χ3n) is 5.66. The minimum Gasteiger partial charge on any atom is -0.494 e. The molecular formula is C25H33ClN2O9.